The molecule has 0 heterocycles. The maximum absolute atomic E-state index is 11.6. The topological polar surface area (TPSA) is 105 Å². The van der Waals surface area contributed by atoms with Crippen LogP contribution in [-0.4, -0.2) is 37.1 Å². The summed E-state index contributed by atoms with van der Waals surface area (Å²) in [4.78, 5) is 45.3. The average Bonchev–Trinajstić information content (AvgIpc) is 2.98. The lowest BCUT2D eigenvalue weighted by Crippen LogP contribution is -2.19. The molecule has 242 valence electrons. The molecule has 0 amide bonds. The molecule has 0 fully saturated rings. The Labute approximate surface area is 267 Å². The first kappa shape index (κ1) is 38.3. The van der Waals surface area contributed by atoms with Crippen molar-refractivity contribution in [3.63, 3.8) is 0 Å². The van der Waals surface area contributed by atoms with E-state index in [0.717, 1.165) is 36.8 Å². The Balaban J connectivity index is 0.000000492. The summed E-state index contributed by atoms with van der Waals surface area (Å²) in [7, 11) is 0. The predicted molar refractivity (Wildman–Crippen MR) is 176 cm³/mol. The van der Waals surface area contributed by atoms with Gasteiger partial charge in [-0.1, -0.05) is 64.4 Å². The maximum atomic E-state index is 11.6. The van der Waals surface area contributed by atoms with Gasteiger partial charge in [0.15, 0.2) is 0 Å². The lowest BCUT2D eigenvalue weighted by atomic mass is 9.78. The van der Waals surface area contributed by atoms with E-state index in [9.17, 15) is 19.2 Å². The van der Waals surface area contributed by atoms with Gasteiger partial charge in [0, 0.05) is 27.7 Å². The van der Waals surface area contributed by atoms with Crippen molar-refractivity contribution in [3.05, 3.63) is 108 Å². The van der Waals surface area contributed by atoms with Crippen LogP contribution in [0.1, 0.15) is 78.4 Å². The third kappa shape index (κ3) is 14.1. The van der Waals surface area contributed by atoms with Gasteiger partial charge < -0.3 is 18.9 Å². The minimum atomic E-state index is -0.443. The second-order valence-corrected chi connectivity index (χ2v) is 11.3. The van der Waals surface area contributed by atoms with Gasteiger partial charge in [-0.15, -0.1) is 0 Å². The predicted octanol–water partition coefficient (Wildman–Crippen LogP) is 7.76. The van der Waals surface area contributed by atoms with Crippen molar-refractivity contribution < 1.29 is 38.1 Å². The van der Waals surface area contributed by atoms with E-state index in [0.29, 0.717) is 47.0 Å². The first-order valence-corrected chi connectivity index (χ1v) is 14.7. The molecule has 0 aliphatic carbocycles. The summed E-state index contributed by atoms with van der Waals surface area (Å²) < 4.78 is 20.3. The second kappa shape index (κ2) is 18.8. The van der Waals surface area contributed by atoms with E-state index in [1.54, 1.807) is 52.0 Å². The highest BCUT2D eigenvalue weighted by Crippen LogP contribution is 2.33. The Kier molecular flexibility index (Phi) is 16.0. The molecule has 0 radical (unpaired) electrons. The summed E-state index contributed by atoms with van der Waals surface area (Å²) >= 11 is 0. The van der Waals surface area contributed by atoms with Crippen LogP contribution in [0.2, 0.25) is 0 Å². The fourth-order valence-corrected chi connectivity index (χ4v) is 3.57. The van der Waals surface area contributed by atoms with E-state index >= 15 is 0 Å². The molecule has 0 aliphatic heterocycles. The largest absolute Gasteiger partial charge is 0.462 e. The van der Waals surface area contributed by atoms with Gasteiger partial charge in [0.05, 0.1) is 13.2 Å². The van der Waals surface area contributed by atoms with Crippen molar-refractivity contribution in [1.29, 1.82) is 0 Å². The van der Waals surface area contributed by atoms with Crippen LogP contribution >= 0.6 is 0 Å². The van der Waals surface area contributed by atoms with E-state index in [4.69, 9.17) is 18.9 Å². The zero-order valence-electron chi connectivity index (χ0n) is 27.5. The first-order chi connectivity index (χ1) is 21.1. The molecule has 8 heteroatoms. The molecule has 0 saturated heterocycles. The fraction of sp³-hybridized carbons (Fsp3) is 0.351. The summed E-state index contributed by atoms with van der Waals surface area (Å²) in [5.41, 5.74) is 3.38. The van der Waals surface area contributed by atoms with Crippen molar-refractivity contribution >= 4 is 23.9 Å². The molecule has 0 bridgehead atoms. The van der Waals surface area contributed by atoms with Crippen LogP contribution in [0, 0.1) is 0 Å². The molecule has 0 N–H and O–H groups in total. The van der Waals surface area contributed by atoms with E-state index in [1.807, 2.05) is 24.3 Å². The number of carbonyl (C=O) groups is 4. The van der Waals surface area contributed by atoms with Crippen LogP contribution < -0.4 is 9.47 Å². The van der Waals surface area contributed by atoms with Gasteiger partial charge in [-0.3, -0.25) is 0 Å². The van der Waals surface area contributed by atoms with Gasteiger partial charge in [-0.05, 0) is 88.8 Å². The number of hydrogen-bond acceptors (Lipinski definition) is 8. The van der Waals surface area contributed by atoms with E-state index in [2.05, 4.69) is 40.2 Å². The van der Waals surface area contributed by atoms with Crippen molar-refractivity contribution in [2.24, 2.45) is 0 Å². The summed E-state index contributed by atoms with van der Waals surface area (Å²) in [6, 6.07) is 14.8. The molecule has 45 heavy (non-hydrogen) atoms. The molecular weight excluding hydrogens is 572 g/mol. The van der Waals surface area contributed by atoms with Gasteiger partial charge in [-0.25, -0.2) is 19.2 Å². The van der Waals surface area contributed by atoms with Gasteiger partial charge in [-0.2, -0.15) is 0 Å². The zero-order chi connectivity index (χ0) is 34.2. The molecule has 0 unspecified atom stereocenters. The van der Waals surface area contributed by atoms with Crippen molar-refractivity contribution in [3.8, 4) is 11.5 Å². The third-order valence-corrected chi connectivity index (χ3v) is 6.47. The van der Waals surface area contributed by atoms with Gasteiger partial charge in [0.25, 0.3) is 0 Å². The molecule has 2 rings (SSSR count). The maximum Gasteiger partial charge on any atom is 0.338 e. The van der Waals surface area contributed by atoms with Crippen LogP contribution in [-0.2, 0) is 34.1 Å². The quantitative estimate of drug-likeness (QED) is 0.0863. The van der Waals surface area contributed by atoms with Crippen LogP contribution in [0.25, 0.3) is 0 Å². The highest BCUT2D eigenvalue weighted by molar-refractivity contribution is 5.89. The summed E-state index contributed by atoms with van der Waals surface area (Å²) in [5, 5.41) is 0. The van der Waals surface area contributed by atoms with Crippen LogP contribution in [0.5, 0.6) is 11.5 Å². The summed E-state index contributed by atoms with van der Waals surface area (Å²) in [6.45, 7) is 25.6. The Morgan fingerprint density at radius 1 is 0.511 bits per heavy atom. The van der Waals surface area contributed by atoms with Crippen LogP contribution in [0.4, 0.5) is 0 Å². The summed E-state index contributed by atoms with van der Waals surface area (Å²) in [6.07, 6.45) is 3.50. The smallest absolute Gasteiger partial charge is 0.338 e. The molecule has 2 aromatic carbocycles. The number of hydrogen-bond donors (Lipinski definition) is 0. The molecule has 2 aromatic rings. The minimum absolute atomic E-state index is 0.284. The van der Waals surface area contributed by atoms with Gasteiger partial charge in [0.2, 0.25) is 0 Å². The molecule has 0 spiro atoms. The second-order valence-electron chi connectivity index (χ2n) is 11.3. The number of benzene rings is 2. The lowest BCUT2D eigenvalue weighted by Gasteiger charge is -2.26. The molecule has 0 saturated carbocycles. The molecule has 0 aromatic heterocycles. The van der Waals surface area contributed by atoms with Crippen molar-refractivity contribution in [2.45, 2.75) is 72.6 Å². The van der Waals surface area contributed by atoms with Gasteiger partial charge in [0.1, 0.15) is 11.5 Å². The number of carbonyl (C=O) groups excluding carboxylic acids is 4. The van der Waals surface area contributed by atoms with E-state index in [1.165, 1.54) is 0 Å². The lowest BCUT2D eigenvalue weighted by molar-refractivity contribution is -0.140. The SMILES string of the molecule is C=C(C)C(=O)OCCCCCCOC(=O)C(=C)C.C=C(C)C(=O)Oc1ccc(C(C)(C)c2ccc(OC(=O)C(=C)C)cc2)cc1. The zero-order valence-corrected chi connectivity index (χ0v) is 27.5. The highest BCUT2D eigenvalue weighted by atomic mass is 16.5. The molecule has 0 aliphatic rings. The Morgan fingerprint density at radius 2 is 0.800 bits per heavy atom. The molecule has 0 atom stereocenters. The van der Waals surface area contributed by atoms with Crippen molar-refractivity contribution in [1.82, 2.24) is 0 Å². The van der Waals surface area contributed by atoms with Crippen LogP contribution in [0.3, 0.4) is 0 Å². The van der Waals surface area contributed by atoms with E-state index < -0.39 is 11.9 Å². The molecule has 8 nitrogen and oxygen atoms in total. The standard InChI is InChI=1S/C23H24O4.C14H22O4/c1-15(2)21(24)26-19-11-7-17(8-12-19)23(5,6)18-9-13-20(14-10-18)27-22(25)16(3)4;1-11(2)13(15)17-9-7-5-6-8-10-18-14(16)12(3)4/h7-14H,1,3H2,2,4-6H3;1,3,5-10H2,2,4H3. The number of unbranched alkanes of at least 4 members (excludes halogenated alkanes) is 3. The Hall–Kier alpha value is -4.72. The monoisotopic (exact) mass is 618 g/mol. The first-order valence-electron chi connectivity index (χ1n) is 14.7. The normalized spacial score (nSPS) is 10.4. The van der Waals surface area contributed by atoms with Crippen molar-refractivity contribution in [2.75, 3.05) is 13.2 Å². The van der Waals surface area contributed by atoms with Crippen LogP contribution in [0.15, 0.2) is 97.1 Å². The number of rotatable bonds is 15. The Bertz CT molecular complexity index is 1270. The number of esters is 4. The summed E-state index contributed by atoms with van der Waals surface area (Å²) in [5.74, 6) is -0.617. The van der Waals surface area contributed by atoms with E-state index in [-0.39, 0.29) is 17.4 Å². The minimum Gasteiger partial charge on any atom is -0.462 e. The Morgan fingerprint density at radius 3 is 1.07 bits per heavy atom. The third-order valence-electron chi connectivity index (χ3n) is 6.47. The fourth-order valence-electron chi connectivity index (χ4n) is 3.57. The number of ether oxygens (including phenoxy) is 4. The highest BCUT2D eigenvalue weighted by Gasteiger charge is 2.23. The van der Waals surface area contributed by atoms with Gasteiger partial charge >= 0.3 is 23.9 Å². The average molecular weight is 619 g/mol. The molecular formula is C37H46O8.